The number of furan rings is 1. The maximum absolute atomic E-state index is 6.24. The van der Waals surface area contributed by atoms with Crippen LogP contribution in [-0.4, -0.2) is 19.9 Å². The Bertz CT molecular complexity index is 1060. The van der Waals surface area contributed by atoms with Gasteiger partial charge >= 0.3 is 0 Å². The van der Waals surface area contributed by atoms with Crippen LogP contribution in [0.3, 0.4) is 0 Å². The molecule has 6 nitrogen and oxygen atoms in total. The van der Waals surface area contributed by atoms with Gasteiger partial charge in [0.15, 0.2) is 5.82 Å². The predicted octanol–water partition coefficient (Wildman–Crippen LogP) is 4.05. The second kappa shape index (κ2) is 6.42. The Balaban J connectivity index is 1.62. The van der Waals surface area contributed by atoms with Gasteiger partial charge in [-0.3, -0.25) is 4.98 Å². The molecule has 2 N–H and O–H groups in total. The molecule has 0 radical (unpaired) electrons. The number of aromatic nitrogens is 4. The average molecular weight is 372 g/mol. The number of halogens is 1. The minimum absolute atomic E-state index is 0.577. The van der Waals surface area contributed by atoms with Crippen LogP contribution in [0.4, 0.5) is 0 Å². The van der Waals surface area contributed by atoms with Crippen LogP contribution in [-0.2, 0) is 5.75 Å². The van der Waals surface area contributed by atoms with Crippen molar-refractivity contribution in [2.75, 3.05) is 5.84 Å². The second-order valence-corrected chi connectivity index (χ2v) is 6.81. The zero-order valence-electron chi connectivity index (χ0n) is 13.3. The fraction of sp³-hybridized carbons (Fsp3) is 0.118. The van der Waals surface area contributed by atoms with E-state index in [4.69, 9.17) is 21.9 Å². The lowest BCUT2D eigenvalue weighted by Crippen LogP contribution is -2.11. The summed E-state index contributed by atoms with van der Waals surface area (Å²) in [6.45, 7) is 1.86. The van der Waals surface area contributed by atoms with E-state index in [0.717, 1.165) is 27.8 Å². The summed E-state index contributed by atoms with van der Waals surface area (Å²) in [7, 11) is 0. The molecule has 3 aromatic heterocycles. The fourth-order valence-electron chi connectivity index (χ4n) is 2.63. The number of nitrogens with two attached hydrogens (primary N) is 1. The monoisotopic (exact) mass is 371 g/mol. The summed E-state index contributed by atoms with van der Waals surface area (Å²) in [6.07, 6.45) is 3.37. The lowest BCUT2D eigenvalue weighted by Gasteiger charge is -2.07. The van der Waals surface area contributed by atoms with Crippen molar-refractivity contribution in [2.45, 2.75) is 17.8 Å². The summed E-state index contributed by atoms with van der Waals surface area (Å²) in [5.41, 5.74) is 2.78. The van der Waals surface area contributed by atoms with Gasteiger partial charge in [-0.15, -0.1) is 10.2 Å². The van der Waals surface area contributed by atoms with E-state index in [1.807, 2.05) is 37.3 Å². The smallest absolute Gasteiger partial charge is 0.210 e. The Hall–Kier alpha value is -2.51. The van der Waals surface area contributed by atoms with Crippen molar-refractivity contribution < 1.29 is 4.42 Å². The van der Waals surface area contributed by atoms with Gasteiger partial charge in [-0.1, -0.05) is 29.4 Å². The van der Waals surface area contributed by atoms with Crippen molar-refractivity contribution in [1.29, 1.82) is 0 Å². The zero-order chi connectivity index (χ0) is 17.4. The molecule has 4 rings (SSSR count). The molecule has 8 heteroatoms. The van der Waals surface area contributed by atoms with Gasteiger partial charge in [0.2, 0.25) is 5.16 Å². The zero-order valence-corrected chi connectivity index (χ0v) is 14.9. The van der Waals surface area contributed by atoms with Gasteiger partial charge in [0.1, 0.15) is 5.76 Å². The molecule has 25 heavy (non-hydrogen) atoms. The molecule has 0 aliphatic heterocycles. The molecule has 0 amide bonds. The molecule has 0 atom stereocenters. The summed E-state index contributed by atoms with van der Waals surface area (Å²) < 4.78 is 6.79. The first kappa shape index (κ1) is 16.0. The van der Waals surface area contributed by atoms with Crippen molar-refractivity contribution in [2.24, 2.45) is 0 Å². The van der Waals surface area contributed by atoms with Crippen LogP contribution in [0.25, 0.3) is 22.3 Å². The Labute approximate surface area is 153 Å². The van der Waals surface area contributed by atoms with Gasteiger partial charge in [0.05, 0.1) is 17.3 Å². The van der Waals surface area contributed by atoms with Crippen LogP contribution in [0.15, 0.2) is 52.4 Å². The summed E-state index contributed by atoms with van der Waals surface area (Å²) in [5.74, 6) is 8.14. The van der Waals surface area contributed by atoms with Crippen LogP contribution in [0.5, 0.6) is 0 Å². The van der Waals surface area contributed by atoms with Gasteiger partial charge in [-0.25, -0.2) is 4.68 Å². The molecule has 0 aliphatic rings. The highest BCUT2D eigenvalue weighted by molar-refractivity contribution is 7.98. The summed E-state index contributed by atoms with van der Waals surface area (Å²) in [6, 6.07) is 9.52. The van der Waals surface area contributed by atoms with Crippen molar-refractivity contribution in [1.82, 2.24) is 19.9 Å². The first-order valence-corrected chi connectivity index (χ1v) is 8.91. The van der Waals surface area contributed by atoms with Crippen molar-refractivity contribution in [3.63, 3.8) is 0 Å². The normalized spacial score (nSPS) is 11.3. The number of thioether (sulfide) groups is 1. The number of rotatable bonds is 4. The highest BCUT2D eigenvalue weighted by Gasteiger charge is 2.16. The van der Waals surface area contributed by atoms with E-state index < -0.39 is 0 Å². The number of nitrogen functional groups attached to an aromatic ring is 1. The number of benzene rings is 1. The van der Waals surface area contributed by atoms with Crippen LogP contribution in [0.2, 0.25) is 5.02 Å². The molecule has 0 spiro atoms. The lowest BCUT2D eigenvalue weighted by atomic mass is 10.1. The third-order valence-electron chi connectivity index (χ3n) is 3.92. The third-order valence-corrected chi connectivity index (χ3v) is 5.24. The minimum Gasteiger partial charge on any atom is -0.469 e. The minimum atomic E-state index is 0.577. The van der Waals surface area contributed by atoms with Gasteiger partial charge in [-0.2, -0.15) is 0 Å². The topological polar surface area (TPSA) is 82.8 Å². The van der Waals surface area contributed by atoms with E-state index in [2.05, 4.69) is 15.2 Å². The van der Waals surface area contributed by atoms with Crippen LogP contribution in [0.1, 0.15) is 11.3 Å². The third kappa shape index (κ3) is 2.85. The summed E-state index contributed by atoms with van der Waals surface area (Å²) in [4.78, 5) is 4.45. The summed E-state index contributed by atoms with van der Waals surface area (Å²) in [5, 5.41) is 10.6. The number of hydrogen-bond donors (Lipinski definition) is 1. The molecule has 0 fully saturated rings. The van der Waals surface area contributed by atoms with Gasteiger partial charge < -0.3 is 10.3 Å². The number of aryl methyl sites for hydroxylation is 1. The number of pyridine rings is 1. The first-order chi connectivity index (χ1) is 12.1. The maximum atomic E-state index is 6.24. The molecule has 4 aromatic rings. The fourth-order valence-corrected chi connectivity index (χ4v) is 3.69. The average Bonchev–Trinajstić information content (AvgIpc) is 3.20. The van der Waals surface area contributed by atoms with E-state index >= 15 is 0 Å². The quantitative estimate of drug-likeness (QED) is 0.430. The van der Waals surface area contributed by atoms with Gasteiger partial charge in [0.25, 0.3) is 0 Å². The molecule has 3 heterocycles. The molecule has 0 saturated carbocycles. The van der Waals surface area contributed by atoms with E-state index in [9.17, 15) is 0 Å². The SMILES string of the molecule is Cc1occc1-c1nnc(SCc2ccc(Cl)c3cccnc23)n1N. The van der Waals surface area contributed by atoms with Crippen LogP contribution >= 0.6 is 23.4 Å². The second-order valence-electron chi connectivity index (χ2n) is 5.46. The van der Waals surface area contributed by atoms with Crippen molar-refractivity contribution in [3.8, 4) is 11.4 Å². The molecular formula is C17H14ClN5OS. The van der Waals surface area contributed by atoms with Crippen molar-refractivity contribution in [3.05, 3.63) is 59.1 Å². The molecule has 0 unspecified atom stereocenters. The molecule has 126 valence electrons. The summed E-state index contributed by atoms with van der Waals surface area (Å²) >= 11 is 7.74. The largest absolute Gasteiger partial charge is 0.469 e. The van der Waals surface area contributed by atoms with Gasteiger partial charge in [-0.05, 0) is 36.8 Å². The molecule has 1 aromatic carbocycles. The Kier molecular flexibility index (Phi) is 4.10. The Morgan fingerprint density at radius 2 is 2.12 bits per heavy atom. The van der Waals surface area contributed by atoms with Crippen LogP contribution < -0.4 is 5.84 Å². The van der Waals surface area contributed by atoms with Crippen LogP contribution in [0, 0.1) is 6.92 Å². The molecule has 0 saturated heterocycles. The van der Waals surface area contributed by atoms with E-state index in [1.54, 1.807) is 12.5 Å². The van der Waals surface area contributed by atoms with E-state index in [1.165, 1.54) is 16.4 Å². The Morgan fingerprint density at radius 1 is 1.24 bits per heavy atom. The highest BCUT2D eigenvalue weighted by atomic mass is 35.5. The standard InChI is InChI=1S/C17H14ClN5OS/c1-10-12(6-8-24-10)16-21-22-17(23(16)19)25-9-11-4-5-14(18)13-3-2-7-20-15(11)13/h2-8H,9,19H2,1H3. The number of hydrogen-bond acceptors (Lipinski definition) is 6. The lowest BCUT2D eigenvalue weighted by molar-refractivity contribution is 0.535. The number of fused-ring (bicyclic) bond motifs is 1. The first-order valence-electron chi connectivity index (χ1n) is 7.55. The Morgan fingerprint density at radius 3 is 2.92 bits per heavy atom. The van der Waals surface area contributed by atoms with Gasteiger partial charge in [0, 0.05) is 22.4 Å². The molecule has 0 aliphatic carbocycles. The van der Waals surface area contributed by atoms with E-state index in [0.29, 0.717) is 21.8 Å². The maximum Gasteiger partial charge on any atom is 0.210 e. The highest BCUT2D eigenvalue weighted by Crippen LogP contribution is 2.30. The van der Waals surface area contributed by atoms with Crippen molar-refractivity contribution >= 4 is 34.3 Å². The van der Waals surface area contributed by atoms with E-state index in [-0.39, 0.29) is 0 Å². The number of nitrogens with zero attached hydrogens (tertiary/aromatic N) is 4. The molecular weight excluding hydrogens is 358 g/mol. The predicted molar refractivity (Wildman–Crippen MR) is 98.9 cm³/mol. The molecule has 0 bridgehead atoms.